The van der Waals surface area contributed by atoms with E-state index in [9.17, 15) is 4.79 Å². The largest absolute Gasteiger partial charge is 0.465 e. The van der Waals surface area contributed by atoms with E-state index in [0.717, 1.165) is 22.6 Å². The van der Waals surface area contributed by atoms with Crippen molar-refractivity contribution in [3.63, 3.8) is 0 Å². The second-order valence-corrected chi connectivity index (χ2v) is 6.36. The summed E-state index contributed by atoms with van der Waals surface area (Å²) >= 11 is 0. The number of aromatic nitrogens is 2. The summed E-state index contributed by atoms with van der Waals surface area (Å²) in [5, 5.41) is 6.48. The lowest BCUT2D eigenvalue weighted by atomic mass is 10.1. The van der Waals surface area contributed by atoms with E-state index < -0.39 is 0 Å². The highest BCUT2D eigenvalue weighted by Gasteiger charge is 2.08. The van der Waals surface area contributed by atoms with Crippen LogP contribution in [0.2, 0.25) is 0 Å². The van der Waals surface area contributed by atoms with E-state index in [1.165, 1.54) is 12.7 Å². The van der Waals surface area contributed by atoms with Crippen LogP contribution in [0.15, 0.2) is 48.5 Å². The molecule has 6 nitrogen and oxygen atoms in total. The summed E-state index contributed by atoms with van der Waals surface area (Å²) in [5.41, 5.74) is 5.33. The van der Waals surface area contributed by atoms with Crippen LogP contribution in [0.1, 0.15) is 27.2 Å². The average molecular weight is 362 g/mol. The molecule has 27 heavy (non-hydrogen) atoms. The quantitative estimate of drug-likeness (QED) is 0.642. The predicted octanol–water partition coefficient (Wildman–Crippen LogP) is 4.68. The van der Waals surface area contributed by atoms with Crippen molar-refractivity contribution in [1.29, 1.82) is 0 Å². The molecule has 0 aliphatic carbocycles. The van der Waals surface area contributed by atoms with Crippen LogP contribution in [-0.2, 0) is 4.74 Å². The van der Waals surface area contributed by atoms with Crippen molar-refractivity contribution in [2.45, 2.75) is 20.8 Å². The molecule has 3 rings (SSSR count). The number of carbonyl (C=O) groups is 1. The number of ether oxygens (including phenoxy) is 1. The summed E-state index contributed by atoms with van der Waals surface area (Å²) in [5.74, 6) is 0.764. The number of nitrogens with zero attached hydrogens (tertiary/aromatic N) is 2. The smallest absolute Gasteiger partial charge is 0.337 e. The maximum Gasteiger partial charge on any atom is 0.337 e. The first-order valence-corrected chi connectivity index (χ1v) is 8.60. The van der Waals surface area contributed by atoms with Crippen molar-refractivity contribution in [1.82, 2.24) is 9.97 Å². The van der Waals surface area contributed by atoms with Gasteiger partial charge in [0.15, 0.2) is 0 Å². The summed E-state index contributed by atoms with van der Waals surface area (Å²) in [4.78, 5) is 20.7. The van der Waals surface area contributed by atoms with Gasteiger partial charge in [-0.3, -0.25) is 0 Å². The number of rotatable bonds is 5. The zero-order chi connectivity index (χ0) is 19.4. The van der Waals surface area contributed by atoms with Gasteiger partial charge in [-0.2, -0.15) is 4.98 Å². The highest BCUT2D eigenvalue weighted by atomic mass is 16.5. The molecule has 0 aliphatic heterocycles. The van der Waals surface area contributed by atoms with Crippen LogP contribution >= 0.6 is 0 Å². The minimum Gasteiger partial charge on any atom is -0.465 e. The van der Waals surface area contributed by atoms with Gasteiger partial charge in [0.25, 0.3) is 0 Å². The maximum atomic E-state index is 11.7. The molecule has 2 N–H and O–H groups in total. The van der Waals surface area contributed by atoms with Crippen molar-refractivity contribution in [3.05, 3.63) is 70.9 Å². The van der Waals surface area contributed by atoms with Gasteiger partial charge in [0, 0.05) is 23.1 Å². The Morgan fingerprint density at radius 2 is 1.78 bits per heavy atom. The second kappa shape index (κ2) is 7.86. The third-order valence-corrected chi connectivity index (χ3v) is 4.04. The number of methoxy groups -OCH3 is 1. The number of hydrogen-bond acceptors (Lipinski definition) is 6. The van der Waals surface area contributed by atoms with Crippen molar-refractivity contribution in [2.24, 2.45) is 0 Å². The van der Waals surface area contributed by atoms with Crippen LogP contribution in [0.3, 0.4) is 0 Å². The Morgan fingerprint density at radius 1 is 0.963 bits per heavy atom. The van der Waals surface area contributed by atoms with Gasteiger partial charge in [0.1, 0.15) is 5.82 Å². The monoisotopic (exact) mass is 362 g/mol. The normalized spacial score (nSPS) is 10.4. The molecule has 0 spiro atoms. The van der Waals surface area contributed by atoms with E-state index in [1.54, 1.807) is 18.2 Å². The predicted molar refractivity (Wildman–Crippen MR) is 107 cm³/mol. The lowest BCUT2D eigenvalue weighted by Crippen LogP contribution is -2.04. The van der Waals surface area contributed by atoms with Gasteiger partial charge >= 0.3 is 5.97 Å². The zero-order valence-electron chi connectivity index (χ0n) is 15.8. The third-order valence-electron chi connectivity index (χ3n) is 4.04. The number of anilines is 4. The maximum absolute atomic E-state index is 11.7. The summed E-state index contributed by atoms with van der Waals surface area (Å²) < 4.78 is 4.76. The lowest BCUT2D eigenvalue weighted by molar-refractivity contribution is 0.0601. The van der Waals surface area contributed by atoms with Crippen LogP contribution in [0.4, 0.5) is 23.1 Å². The number of carbonyl (C=O) groups excluding carboxylic acids is 1. The van der Waals surface area contributed by atoms with E-state index in [1.807, 2.05) is 38.1 Å². The molecule has 0 saturated carbocycles. The molecular weight excluding hydrogens is 340 g/mol. The molecule has 0 bridgehead atoms. The number of esters is 1. The van der Waals surface area contributed by atoms with Crippen LogP contribution in [0.25, 0.3) is 0 Å². The molecule has 0 atom stereocenters. The molecule has 0 amide bonds. The zero-order valence-corrected chi connectivity index (χ0v) is 15.8. The molecule has 0 saturated heterocycles. The minimum absolute atomic E-state index is 0.380. The summed E-state index contributed by atoms with van der Waals surface area (Å²) in [6, 6.07) is 15.1. The molecule has 0 aliphatic rings. The Bertz CT molecular complexity index is 986. The Balaban J connectivity index is 1.84. The molecule has 1 aromatic heterocycles. The number of nitrogens with one attached hydrogen (secondary N) is 2. The van der Waals surface area contributed by atoms with Gasteiger partial charge in [-0.1, -0.05) is 23.8 Å². The first-order chi connectivity index (χ1) is 12.9. The van der Waals surface area contributed by atoms with Crippen LogP contribution in [0.5, 0.6) is 0 Å². The summed E-state index contributed by atoms with van der Waals surface area (Å²) in [7, 11) is 1.36. The molecule has 138 valence electrons. The fourth-order valence-corrected chi connectivity index (χ4v) is 2.75. The SMILES string of the molecule is COC(=O)c1cccc(Nc2cc(C)nc(Nc3ccc(C)cc3C)n2)c1. The highest BCUT2D eigenvalue weighted by Crippen LogP contribution is 2.22. The van der Waals surface area contributed by atoms with Crippen LogP contribution in [0, 0.1) is 20.8 Å². The van der Waals surface area contributed by atoms with Gasteiger partial charge in [0.05, 0.1) is 12.7 Å². The molecule has 3 aromatic rings. The Kier molecular flexibility index (Phi) is 5.35. The van der Waals surface area contributed by atoms with Crippen molar-refractivity contribution in [2.75, 3.05) is 17.7 Å². The minimum atomic E-state index is -0.380. The summed E-state index contributed by atoms with van der Waals surface area (Å²) in [6.45, 7) is 6.01. The van der Waals surface area contributed by atoms with Gasteiger partial charge in [-0.05, 0) is 50.6 Å². The number of benzene rings is 2. The van der Waals surface area contributed by atoms with Gasteiger partial charge < -0.3 is 15.4 Å². The lowest BCUT2D eigenvalue weighted by Gasteiger charge is -2.12. The third kappa shape index (κ3) is 4.61. The molecule has 0 unspecified atom stereocenters. The van der Waals surface area contributed by atoms with Crippen LogP contribution in [-0.4, -0.2) is 23.0 Å². The van der Waals surface area contributed by atoms with E-state index in [2.05, 4.69) is 33.6 Å². The van der Waals surface area contributed by atoms with E-state index in [-0.39, 0.29) is 5.97 Å². The van der Waals surface area contributed by atoms with Crippen molar-refractivity contribution >= 4 is 29.1 Å². The highest BCUT2D eigenvalue weighted by molar-refractivity contribution is 5.90. The molecule has 1 heterocycles. The Labute approximate surface area is 158 Å². The van der Waals surface area contributed by atoms with Crippen molar-refractivity contribution < 1.29 is 9.53 Å². The molecular formula is C21H22N4O2. The van der Waals surface area contributed by atoms with Gasteiger partial charge in [-0.25, -0.2) is 9.78 Å². The Hall–Kier alpha value is -3.41. The molecule has 2 aromatic carbocycles. The number of hydrogen-bond donors (Lipinski definition) is 2. The van der Waals surface area contributed by atoms with Crippen LogP contribution < -0.4 is 10.6 Å². The molecule has 0 radical (unpaired) electrons. The standard InChI is InChI=1S/C21H22N4O2/c1-13-8-9-18(14(2)10-13)24-21-22-15(3)11-19(25-21)23-17-7-5-6-16(12-17)20(26)27-4/h5-12H,1-4H3,(H2,22,23,24,25). The molecule has 6 heteroatoms. The van der Waals surface area contributed by atoms with E-state index in [0.29, 0.717) is 17.3 Å². The number of aryl methyl sites for hydroxylation is 3. The first kappa shape index (κ1) is 18.4. The van der Waals surface area contributed by atoms with Crippen molar-refractivity contribution in [3.8, 4) is 0 Å². The average Bonchev–Trinajstić information content (AvgIpc) is 2.63. The Morgan fingerprint density at radius 3 is 2.52 bits per heavy atom. The van der Waals surface area contributed by atoms with E-state index in [4.69, 9.17) is 4.74 Å². The van der Waals surface area contributed by atoms with Gasteiger partial charge in [-0.15, -0.1) is 0 Å². The van der Waals surface area contributed by atoms with E-state index >= 15 is 0 Å². The summed E-state index contributed by atoms with van der Waals surface area (Å²) in [6.07, 6.45) is 0. The topological polar surface area (TPSA) is 76.1 Å². The fourth-order valence-electron chi connectivity index (χ4n) is 2.75. The first-order valence-electron chi connectivity index (χ1n) is 8.60. The second-order valence-electron chi connectivity index (χ2n) is 6.36. The molecule has 0 fully saturated rings. The fraction of sp³-hybridized carbons (Fsp3) is 0.190. The van der Waals surface area contributed by atoms with Gasteiger partial charge in [0.2, 0.25) is 5.95 Å².